The first-order valence-corrected chi connectivity index (χ1v) is 12.4. The fourth-order valence-corrected chi connectivity index (χ4v) is 4.88. The van der Waals surface area contributed by atoms with Gasteiger partial charge in [-0.05, 0) is 38.8 Å². The number of aliphatic imine (C=N–C) groups is 1. The van der Waals surface area contributed by atoms with Gasteiger partial charge in [-0.25, -0.2) is 13.2 Å². The van der Waals surface area contributed by atoms with Crippen LogP contribution in [0.15, 0.2) is 34.2 Å². The number of benzene rings is 1. The van der Waals surface area contributed by atoms with E-state index < -0.39 is 21.7 Å². The largest absolute Gasteiger partial charge is 0.444 e. The quantitative estimate of drug-likeness (QED) is 0.735. The number of fused-ring (bicyclic) bond motifs is 1. The summed E-state index contributed by atoms with van der Waals surface area (Å²) in [4.78, 5) is 33.7. The first-order valence-electron chi connectivity index (χ1n) is 10.9. The monoisotopic (exact) mass is 464 g/mol. The van der Waals surface area contributed by atoms with Crippen molar-refractivity contribution in [1.82, 2.24) is 14.5 Å². The molecule has 32 heavy (non-hydrogen) atoms. The van der Waals surface area contributed by atoms with Crippen molar-refractivity contribution in [1.29, 1.82) is 0 Å². The van der Waals surface area contributed by atoms with E-state index in [9.17, 15) is 18.0 Å². The minimum absolute atomic E-state index is 0.0869. The maximum atomic E-state index is 13.4. The Hall–Kier alpha value is -2.62. The lowest BCUT2D eigenvalue weighted by molar-refractivity contribution is -0.135. The van der Waals surface area contributed by atoms with E-state index in [1.54, 1.807) is 28.0 Å². The van der Waals surface area contributed by atoms with Gasteiger partial charge in [0.25, 0.3) is 10.0 Å². The summed E-state index contributed by atoms with van der Waals surface area (Å²) in [5.74, 6) is -0.0536. The average molecular weight is 465 g/mol. The molecule has 0 unspecified atom stereocenters. The van der Waals surface area contributed by atoms with Gasteiger partial charge in [0, 0.05) is 31.7 Å². The summed E-state index contributed by atoms with van der Waals surface area (Å²) in [7, 11) is -3.68. The molecule has 1 fully saturated rings. The second-order valence-electron chi connectivity index (χ2n) is 9.20. The Kier molecular flexibility index (Phi) is 6.83. The summed E-state index contributed by atoms with van der Waals surface area (Å²) < 4.78 is 32.7. The van der Waals surface area contributed by atoms with Crippen LogP contribution in [0.3, 0.4) is 0 Å². The Morgan fingerprint density at radius 1 is 1.12 bits per heavy atom. The van der Waals surface area contributed by atoms with Crippen LogP contribution in [0, 0.1) is 5.92 Å². The van der Waals surface area contributed by atoms with E-state index in [-0.39, 0.29) is 28.6 Å². The fraction of sp³-hybridized carbons (Fsp3) is 0.591. The SMILES string of the molecule is CC[C@H](C)[C@H](N=C1NS(=O)(=O)c2ccccc21)C(=O)N1CCN(C(=O)OC(C)(C)C)CC1. The van der Waals surface area contributed by atoms with Crippen LogP contribution in [-0.4, -0.2) is 73.9 Å². The van der Waals surface area contributed by atoms with Crippen LogP contribution in [0.2, 0.25) is 0 Å². The van der Waals surface area contributed by atoms with E-state index in [1.807, 2.05) is 34.6 Å². The number of nitrogens with zero attached hydrogens (tertiary/aromatic N) is 3. The van der Waals surface area contributed by atoms with Crippen LogP contribution < -0.4 is 4.72 Å². The van der Waals surface area contributed by atoms with Crippen molar-refractivity contribution in [3.05, 3.63) is 29.8 Å². The van der Waals surface area contributed by atoms with Crippen LogP contribution in [0.25, 0.3) is 0 Å². The molecule has 1 saturated heterocycles. The molecule has 1 aromatic rings. The highest BCUT2D eigenvalue weighted by molar-refractivity contribution is 7.90. The van der Waals surface area contributed by atoms with Crippen molar-refractivity contribution in [2.24, 2.45) is 10.9 Å². The second kappa shape index (κ2) is 9.09. The minimum atomic E-state index is -3.68. The van der Waals surface area contributed by atoms with Crippen LogP contribution >= 0.6 is 0 Å². The van der Waals surface area contributed by atoms with Gasteiger partial charge in [0.2, 0.25) is 5.91 Å². The Bertz CT molecular complexity index is 1010. The summed E-state index contributed by atoms with van der Waals surface area (Å²) in [6.45, 7) is 10.8. The van der Waals surface area contributed by atoms with Gasteiger partial charge in [0.15, 0.2) is 0 Å². The summed E-state index contributed by atoms with van der Waals surface area (Å²) in [6, 6.07) is 5.88. The van der Waals surface area contributed by atoms with Gasteiger partial charge >= 0.3 is 6.09 Å². The second-order valence-corrected chi connectivity index (χ2v) is 10.9. The molecule has 2 aliphatic rings. The molecule has 0 aromatic heterocycles. The van der Waals surface area contributed by atoms with E-state index in [0.29, 0.717) is 38.2 Å². The van der Waals surface area contributed by atoms with E-state index in [4.69, 9.17) is 4.74 Å². The molecule has 0 saturated carbocycles. The zero-order chi connectivity index (χ0) is 23.7. The molecule has 0 aliphatic carbocycles. The number of ether oxygens (including phenoxy) is 1. The predicted molar refractivity (Wildman–Crippen MR) is 121 cm³/mol. The lowest BCUT2D eigenvalue weighted by Crippen LogP contribution is -2.54. The number of carbonyl (C=O) groups is 2. The zero-order valence-corrected chi connectivity index (χ0v) is 20.1. The van der Waals surface area contributed by atoms with Gasteiger partial charge in [0.05, 0.1) is 4.90 Å². The standard InChI is InChI=1S/C22H32N4O5S/c1-6-15(2)18(23-19-16-9-7-8-10-17(16)32(29,30)24-19)20(27)25-11-13-26(14-12-25)21(28)31-22(3,4)5/h7-10,15,18H,6,11-14H2,1-5H3,(H,23,24)/t15-,18-/m0/s1. The molecule has 2 aliphatic heterocycles. The third-order valence-electron chi connectivity index (χ3n) is 5.61. The fourth-order valence-electron chi connectivity index (χ4n) is 3.64. The summed E-state index contributed by atoms with van der Waals surface area (Å²) in [5.41, 5.74) is -0.101. The third kappa shape index (κ3) is 5.23. The van der Waals surface area contributed by atoms with Gasteiger partial charge in [-0.15, -0.1) is 0 Å². The number of carbonyl (C=O) groups excluding carboxylic acids is 2. The van der Waals surface area contributed by atoms with Crippen molar-refractivity contribution in [2.45, 2.75) is 57.6 Å². The van der Waals surface area contributed by atoms with Crippen molar-refractivity contribution in [3.63, 3.8) is 0 Å². The molecule has 1 N–H and O–H groups in total. The topological polar surface area (TPSA) is 108 Å². The smallest absolute Gasteiger partial charge is 0.410 e. The van der Waals surface area contributed by atoms with Crippen molar-refractivity contribution in [2.75, 3.05) is 26.2 Å². The minimum Gasteiger partial charge on any atom is -0.444 e. The average Bonchev–Trinajstić information content (AvgIpc) is 3.00. The number of rotatable bonds is 4. The Morgan fingerprint density at radius 2 is 1.72 bits per heavy atom. The normalized spacial score (nSPS) is 21.0. The van der Waals surface area contributed by atoms with Gasteiger partial charge in [-0.3, -0.25) is 14.5 Å². The third-order valence-corrected chi connectivity index (χ3v) is 7.01. The lowest BCUT2D eigenvalue weighted by Gasteiger charge is -2.37. The van der Waals surface area contributed by atoms with Crippen molar-refractivity contribution in [3.8, 4) is 0 Å². The van der Waals surface area contributed by atoms with E-state index in [2.05, 4.69) is 9.71 Å². The first-order chi connectivity index (χ1) is 14.9. The van der Waals surface area contributed by atoms with Crippen molar-refractivity contribution >= 4 is 27.9 Å². The summed E-state index contributed by atoms with van der Waals surface area (Å²) in [5, 5.41) is 0. The molecule has 2 atom stereocenters. The van der Waals surface area contributed by atoms with E-state index in [0.717, 1.165) is 0 Å². The molecule has 0 radical (unpaired) electrons. The number of hydrogen-bond acceptors (Lipinski definition) is 6. The lowest BCUT2D eigenvalue weighted by atomic mass is 9.97. The van der Waals surface area contributed by atoms with Gasteiger partial charge in [0.1, 0.15) is 17.5 Å². The molecular formula is C22H32N4O5S. The zero-order valence-electron chi connectivity index (χ0n) is 19.3. The highest BCUT2D eigenvalue weighted by Gasteiger charge is 2.36. The molecule has 0 spiro atoms. The highest BCUT2D eigenvalue weighted by atomic mass is 32.2. The summed E-state index contributed by atoms with van der Waals surface area (Å²) in [6.07, 6.45) is 0.319. The summed E-state index contributed by atoms with van der Waals surface area (Å²) >= 11 is 0. The van der Waals surface area contributed by atoms with E-state index >= 15 is 0 Å². The molecular weight excluding hydrogens is 432 g/mol. The van der Waals surface area contributed by atoms with Gasteiger partial charge < -0.3 is 14.5 Å². The van der Waals surface area contributed by atoms with Crippen LogP contribution in [0.5, 0.6) is 0 Å². The maximum Gasteiger partial charge on any atom is 0.410 e. The van der Waals surface area contributed by atoms with Crippen molar-refractivity contribution < 1.29 is 22.7 Å². The van der Waals surface area contributed by atoms with E-state index in [1.165, 1.54) is 6.07 Å². The molecule has 3 rings (SSSR count). The number of amides is 2. The highest BCUT2D eigenvalue weighted by Crippen LogP contribution is 2.25. The molecule has 9 nitrogen and oxygen atoms in total. The molecule has 10 heteroatoms. The number of amidine groups is 1. The molecule has 0 bridgehead atoms. The molecule has 176 valence electrons. The molecule has 1 aromatic carbocycles. The number of piperazine rings is 1. The maximum absolute atomic E-state index is 13.4. The van der Waals surface area contributed by atoms with Gasteiger partial charge in [-0.2, -0.15) is 0 Å². The number of nitrogens with one attached hydrogen (secondary N) is 1. The first kappa shape index (κ1) is 24.0. The Balaban J connectivity index is 1.77. The van der Waals surface area contributed by atoms with Crippen LogP contribution in [0.4, 0.5) is 4.79 Å². The predicted octanol–water partition coefficient (Wildman–Crippen LogP) is 2.22. The number of sulfonamides is 1. The Labute approximate surface area is 189 Å². The van der Waals surface area contributed by atoms with Crippen LogP contribution in [0.1, 0.15) is 46.6 Å². The van der Waals surface area contributed by atoms with Gasteiger partial charge in [-0.1, -0.05) is 32.4 Å². The Morgan fingerprint density at radius 3 is 2.31 bits per heavy atom. The molecule has 2 amide bonds. The number of hydrogen-bond donors (Lipinski definition) is 1. The molecule has 2 heterocycles. The van der Waals surface area contributed by atoms with Crippen LogP contribution in [-0.2, 0) is 19.6 Å².